The summed E-state index contributed by atoms with van der Waals surface area (Å²) in [6, 6.07) is 9.08. The van der Waals surface area contributed by atoms with E-state index >= 15 is 0 Å². The number of nitrogens with zero attached hydrogens (tertiary/aromatic N) is 1. The minimum absolute atomic E-state index is 0.107. The lowest BCUT2D eigenvalue weighted by Crippen LogP contribution is -2.38. The Labute approximate surface area is 108 Å². The van der Waals surface area contributed by atoms with E-state index < -0.39 is 10.0 Å². The minimum atomic E-state index is -3.22. The van der Waals surface area contributed by atoms with Gasteiger partial charge < -0.3 is 10.5 Å². The van der Waals surface area contributed by atoms with Crippen LogP contribution in [0.15, 0.2) is 30.3 Å². The second-order valence-electron chi connectivity index (χ2n) is 4.61. The maximum Gasteiger partial charge on any atom is 0.211 e. The Morgan fingerprint density at radius 3 is 2.67 bits per heavy atom. The van der Waals surface area contributed by atoms with Crippen molar-refractivity contribution in [2.45, 2.75) is 18.5 Å². The van der Waals surface area contributed by atoms with Gasteiger partial charge in [0.15, 0.2) is 0 Å². The monoisotopic (exact) mass is 270 g/mol. The summed E-state index contributed by atoms with van der Waals surface area (Å²) in [6.45, 7) is 0.715. The van der Waals surface area contributed by atoms with Gasteiger partial charge in [-0.1, -0.05) is 18.2 Å². The van der Waals surface area contributed by atoms with Crippen molar-refractivity contribution in [1.29, 1.82) is 0 Å². The Morgan fingerprint density at radius 2 is 2.06 bits per heavy atom. The van der Waals surface area contributed by atoms with Crippen molar-refractivity contribution >= 4 is 10.0 Å². The van der Waals surface area contributed by atoms with Gasteiger partial charge >= 0.3 is 0 Å². The molecule has 6 heteroatoms. The van der Waals surface area contributed by atoms with Gasteiger partial charge in [-0.25, -0.2) is 8.42 Å². The van der Waals surface area contributed by atoms with Crippen LogP contribution in [0.1, 0.15) is 6.42 Å². The topological polar surface area (TPSA) is 72.6 Å². The molecular weight excluding hydrogens is 252 g/mol. The molecule has 2 N–H and O–H groups in total. The predicted octanol–water partition coefficient (Wildman–Crippen LogP) is 0.427. The van der Waals surface area contributed by atoms with Crippen molar-refractivity contribution in [1.82, 2.24) is 4.31 Å². The molecule has 0 unspecified atom stereocenters. The fraction of sp³-hybridized carbons (Fsp3) is 0.500. The number of ether oxygens (including phenoxy) is 1. The van der Waals surface area contributed by atoms with Crippen LogP contribution in [0.25, 0.3) is 0 Å². The molecule has 1 aromatic carbocycles. The lowest BCUT2D eigenvalue weighted by atomic mass is 10.2. The van der Waals surface area contributed by atoms with E-state index in [0.717, 1.165) is 5.75 Å². The fourth-order valence-electron chi connectivity index (χ4n) is 2.19. The van der Waals surface area contributed by atoms with Gasteiger partial charge in [-0.2, -0.15) is 4.31 Å². The van der Waals surface area contributed by atoms with Crippen LogP contribution in [-0.4, -0.2) is 44.2 Å². The lowest BCUT2D eigenvalue weighted by Gasteiger charge is -2.21. The molecule has 1 aliphatic heterocycles. The van der Waals surface area contributed by atoms with Gasteiger partial charge in [0.05, 0.1) is 12.3 Å². The Hall–Kier alpha value is -1.11. The van der Waals surface area contributed by atoms with Gasteiger partial charge in [0.25, 0.3) is 0 Å². The molecule has 1 heterocycles. The number of benzene rings is 1. The molecule has 2 atom stereocenters. The van der Waals surface area contributed by atoms with E-state index in [0.29, 0.717) is 19.6 Å². The molecule has 1 saturated heterocycles. The molecule has 2 rings (SSSR count). The molecule has 1 aromatic rings. The number of rotatable bonds is 4. The van der Waals surface area contributed by atoms with Crippen LogP contribution in [0, 0.1) is 0 Å². The van der Waals surface area contributed by atoms with E-state index in [1.165, 1.54) is 10.6 Å². The minimum Gasteiger partial charge on any atom is -0.492 e. The molecule has 0 saturated carbocycles. The third kappa shape index (κ3) is 3.22. The summed E-state index contributed by atoms with van der Waals surface area (Å²) in [6.07, 6.45) is 1.85. The SMILES string of the molecule is CS(=O)(=O)N1C[C@@H](N)C[C@H]1COc1ccccc1. The highest BCUT2D eigenvalue weighted by Gasteiger charge is 2.36. The zero-order chi connectivity index (χ0) is 13.2. The zero-order valence-electron chi connectivity index (χ0n) is 10.3. The number of hydrogen-bond acceptors (Lipinski definition) is 4. The van der Waals surface area contributed by atoms with Crippen LogP contribution in [0.2, 0.25) is 0 Å². The average Bonchev–Trinajstić information content (AvgIpc) is 2.69. The summed E-state index contributed by atoms with van der Waals surface area (Å²) >= 11 is 0. The summed E-state index contributed by atoms with van der Waals surface area (Å²) < 4.78 is 30.3. The van der Waals surface area contributed by atoms with Crippen LogP contribution in [0.4, 0.5) is 0 Å². The maximum absolute atomic E-state index is 11.6. The van der Waals surface area contributed by atoms with E-state index in [1.54, 1.807) is 0 Å². The molecule has 100 valence electrons. The average molecular weight is 270 g/mol. The van der Waals surface area contributed by atoms with Crippen LogP contribution in [-0.2, 0) is 10.0 Å². The number of sulfonamides is 1. The van der Waals surface area contributed by atoms with E-state index in [4.69, 9.17) is 10.5 Å². The fourth-order valence-corrected chi connectivity index (χ4v) is 3.34. The molecule has 0 aliphatic carbocycles. The molecule has 0 spiro atoms. The lowest BCUT2D eigenvalue weighted by molar-refractivity contribution is 0.233. The molecule has 18 heavy (non-hydrogen) atoms. The summed E-state index contributed by atoms with van der Waals surface area (Å²) in [7, 11) is -3.22. The van der Waals surface area contributed by atoms with E-state index in [2.05, 4.69) is 0 Å². The first-order chi connectivity index (χ1) is 8.47. The quantitative estimate of drug-likeness (QED) is 0.861. The summed E-state index contributed by atoms with van der Waals surface area (Å²) in [4.78, 5) is 0. The van der Waals surface area contributed by atoms with E-state index in [-0.39, 0.29) is 12.1 Å². The smallest absolute Gasteiger partial charge is 0.211 e. The van der Waals surface area contributed by atoms with Crippen LogP contribution in [0.5, 0.6) is 5.75 Å². The van der Waals surface area contributed by atoms with Crippen LogP contribution in [0.3, 0.4) is 0 Å². The summed E-state index contributed by atoms with van der Waals surface area (Å²) in [5.41, 5.74) is 5.82. The highest BCUT2D eigenvalue weighted by molar-refractivity contribution is 7.88. The highest BCUT2D eigenvalue weighted by Crippen LogP contribution is 2.21. The van der Waals surface area contributed by atoms with Gasteiger partial charge in [-0.15, -0.1) is 0 Å². The second kappa shape index (κ2) is 5.26. The van der Waals surface area contributed by atoms with Crippen molar-refractivity contribution in [3.63, 3.8) is 0 Å². The largest absolute Gasteiger partial charge is 0.492 e. The Bertz CT molecular complexity index is 489. The van der Waals surface area contributed by atoms with Crippen molar-refractivity contribution in [2.24, 2.45) is 5.73 Å². The molecular formula is C12H18N2O3S. The summed E-state index contributed by atoms with van der Waals surface area (Å²) in [5.74, 6) is 0.742. The zero-order valence-corrected chi connectivity index (χ0v) is 11.1. The van der Waals surface area contributed by atoms with Gasteiger partial charge in [0.1, 0.15) is 12.4 Å². The first-order valence-electron chi connectivity index (χ1n) is 5.87. The van der Waals surface area contributed by atoms with Crippen LogP contribution < -0.4 is 10.5 Å². The third-order valence-corrected chi connectivity index (χ3v) is 4.31. The number of hydrogen-bond donors (Lipinski definition) is 1. The maximum atomic E-state index is 11.6. The predicted molar refractivity (Wildman–Crippen MR) is 69.9 cm³/mol. The number of nitrogens with two attached hydrogens (primary N) is 1. The van der Waals surface area contributed by atoms with Gasteiger partial charge in [-0.05, 0) is 18.6 Å². The first kappa shape index (κ1) is 13.3. The van der Waals surface area contributed by atoms with Gasteiger partial charge in [0, 0.05) is 12.6 Å². The molecule has 0 radical (unpaired) electrons. The van der Waals surface area contributed by atoms with E-state index in [9.17, 15) is 8.42 Å². The molecule has 0 aromatic heterocycles. The van der Waals surface area contributed by atoms with Crippen molar-refractivity contribution in [3.8, 4) is 5.75 Å². The van der Waals surface area contributed by atoms with Crippen molar-refractivity contribution in [2.75, 3.05) is 19.4 Å². The second-order valence-corrected chi connectivity index (χ2v) is 6.54. The Morgan fingerprint density at radius 1 is 1.39 bits per heavy atom. The standard InChI is InChI=1S/C12H18N2O3S/c1-18(15,16)14-8-10(13)7-11(14)9-17-12-5-3-2-4-6-12/h2-6,10-11H,7-9,13H2,1H3/t10-,11-/m0/s1. The number of para-hydroxylation sites is 1. The molecule has 0 bridgehead atoms. The van der Waals surface area contributed by atoms with Gasteiger partial charge in [-0.3, -0.25) is 0 Å². The Kier molecular flexibility index (Phi) is 3.89. The van der Waals surface area contributed by atoms with Gasteiger partial charge in [0.2, 0.25) is 10.0 Å². The first-order valence-corrected chi connectivity index (χ1v) is 7.72. The molecule has 1 aliphatic rings. The van der Waals surface area contributed by atoms with Crippen molar-refractivity contribution in [3.05, 3.63) is 30.3 Å². The normalized spacial score (nSPS) is 25.2. The third-order valence-electron chi connectivity index (χ3n) is 3.01. The molecule has 1 fully saturated rings. The molecule has 0 amide bonds. The van der Waals surface area contributed by atoms with E-state index in [1.807, 2.05) is 30.3 Å². The van der Waals surface area contributed by atoms with Crippen molar-refractivity contribution < 1.29 is 13.2 Å². The highest BCUT2D eigenvalue weighted by atomic mass is 32.2. The van der Waals surface area contributed by atoms with Crippen LogP contribution >= 0.6 is 0 Å². The Balaban J connectivity index is 2.00. The molecule has 5 nitrogen and oxygen atoms in total. The summed E-state index contributed by atoms with van der Waals surface area (Å²) in [5, 5.41) is 0.